The molecule has 2 N–H and O–H groups in total. The van der Waals surface area contributed by atoms with E-state index in [-0.39, 0.29) is 0 Å². The van der Waals surface area contributed by atoms with Crippen LogP contribution in [0.1, 0.15) is 5.56 Å². The summed E-state index contributed by atoms with van der Waals surface area (Å²) >= 11 is 5.98. The first-order chi connectivity index (χ1) is 11.1. The van der Waals surface area contributed by atoms with E-state index < -0.39 is 12.0 Å². The van der Waals surface area contributed by atoms with Gasteiger partial charge in [0.25, 0.3) is 0 Å². The van der Waals surface area contributed by atoms with Crippen molar-refractivity contribution < 1.29 is 9.90 Å². The summed E-state index contributed by atoms with van der Waals surface area (Å²) in [6, 6.07) is 16.0. The second kappa shape index (κ2) is 6.67. The van der Waals surface area contributed by atoms with Crippen molar-refractivity contribution in [2.75, 3.05) is 5.32 Å². The molecule has 0 aliphatic rings. The van der Waals surface area contributed by atoms with Crippen LogP contribution in [0.3, 0.4) is 0 Å². The molecular weight excluding hydrogens is 312 g/mol. The maximum absolute atomic E-state index is 11.6. The normalized spacial score (nSPS) is 12.0. The molecule has 3 aromatic rings. The molecule has 1 aromatic heterocycles. The second-order valence-corrected chi connectivity index (χ2v) is 5.68. The van der Waals surface area contributed by atoms with Gasteiger partial charge < -0.3 is 10.4 Å². The van der Waals surface area contributed by atoms with Gasteiger partial charge in [-0.2, -0.15) is 0 Å². The number of hydrogen-bond acceptors (Lipinski definition) is 3. The number of pyridine rings is 1. The predicted octanol–water partition coefficient (Wildman–Crippen LogP) is 4.00. The highest BCUT2D eigenvalue weighted by molar-refractivity contribution is 6.31. The zero-order valence-corrected chi connectivity index (χ0v) is 13.0. The van der Waals surface area contributed by atoms with Gasteiger partial charge in [0, 0.05) is 28.7 Å². The average molecular weight is 327 g/mol. The molecule has 4 nitrogen and oxygen atoms in total. The Morgan fingerprint density at radius 3 is 2.70 bits per heavy atom. The van der Waals surface area contributed by atoms with Crippen molar-refractivity contribution in [1.29, 1.82) is 0 Å². The van der Waals surface area contributed by atoms with E-state index >= 15 is 0 Å². The third kappa shape index (κ3) is 3.60. The standard InChI is InChI=1S/C18H15ClN2O2/c19-13-6-7-14-15(8-9-20-16(14)11-13)21-17(18(22)23)10-12-4-2-1-3-5-12/h1-9,11,17H,10H2,(H,20,21)(H,22,23)/t17-/m0/s1. The number of rotatable bonds is 5. The van der Waals surface area contributed by atoms with Crippen LogP contribution in [0.4, 0.5) is 5.69 Å². The van der Waals surface area contributed by atoms with Crippen molar-refractivity contribution in [1.82, 2.24) is 4.98 Å². The van der Waals surface area contributed by atoms with Crippen molar-refractivity contribution in [3.63, 3.8) is 0 Å². The molecule has 0 aliphatic carbocycles. The van der Waals surface area contributed by atoms with E-state index in [9.17, 15) is 9.90 Å². The highest BCUT2D eigenvalue weighted by Crippen LogP contribution is 2.25. The molecular formula is C18H15ClN2O2. The highest BCUT2D eigenvalue weighted by Gasteiger charge is 2.18. The Bertz CT molecular complexity index is 837. The summed E-state index contributed by atoms with van der Waals surface area (Å²) in [5, 5.41) is 14.1. The summed E-state index contributed by atoms with van der Waals surface area (Å²) in [6.07, 6.45) is 2.04. The van der Waals surface area contributed by atoms with Crippen LogP contribution in [-0.4, -0.2) is 22.1 Å². The molecule has 0 bridgehead atoms. The number of nitrogens with one attached hydrogen (secondary N) is 1. The van der Waals surface area contributed by atoms with Crippen LogP contribution in [0.15, 0.2) is 60.8 Å². The summed E-state index contributed by atoms with van der Waals surface area (Å²) in [5.74, 6) is -0.896. The zero-order valence-electron chi connectivity index (χ0n) is 12.2. The summed E-state index contributed by atoms with van der Waals surface area (Å²) in [6.45, 7) is 0. The topological polar surface area (TPSA) is 62.2 Å². The van der Waals surface area contributed by atoms with E-state index in [0.717, 1.165) is 22.2 Å². The Hall–Kier alpha value is -2.59. The SMILES string of the molecule is O=C(O)[C@H](Cc1ccccc1)Nc1ccnc2cc(Cl)ccc12. The number of aromatic nitrogens is 1. The lowest BCUT2D eigenvalue weighted by atomic mass is 10.1. The number of carboxylic acids is 1. The van der Waals surface area contributed by atoms with Crippen molar-refractivity contribution in [2.45, 2.75) is 12.5 Å². The van der Waals surface area contributed by atoms with Crippen molar-refractivity contribution in [3.05, 3.63) is 71.4 Å². The number of carbonyl (C=O) groups is 1. The molecule has 0 radical (unpaired) electrons. The molecule has 23 heavy (non-hydrogen) atoms. The van der Waals surface area contributed by atoms with Crippen LogP contribution in [-0.2, 0) is 11.2 Å². The van der Waals surface area contributed by atoms with Gasteiger partial charge in [0.05, 0.1) is 5.52 Å². The lowest BCUT2D eigenvalue weighted by molar-refractivity contribution is -0.137. The molecule has 0 spiro atoms. The molecule has 0 amide bonds. The first-order valence-corrected chi connectivity index (χ1v) is 7.59. The maximum atomic E-state index is 11.6. The molecule has 0 aliphatic heterocycles. The van der Waals surface area contributed by atoms with E-state index in [2.05, 4.69) is 10.3 Å². The molecule has 5 heteroatoms. The predicted molar refractivity (Wildman–Crippen MR) is 91.9 cm³/mol. The lowest BCUT2D eigenvalue weighted by Crippen LogP contribution is -2.31. The molecule has 116 valence electrons. The third-order valence-corrected chi connectivity index (χ3v) is 3.85. The van der Waals surface area contributed by atoms with Crippen LogP contribution in [0.2, 0.25) is 5.02 Å². The highest BCUT2D eigenvalue weighted by atomic mass is 35.5. The minimum absolute atomic E-state index is 0.396. The van der Waals surface area contributed by atoms with Gasteiger partial charge in [-0.05, 0) is 29.8 Å². The van der Waals surface area contributed by atoms with Crippen LogP contribution in [0.5, 0.6) is 0 Å². The Morgan fingerprint density at radius 2 is 1.96 bits per heavy atom. The van der Waals surface area contributed by atoms with E-state index in [1.807, 2.05) is 36.4 Å². The van der Waals surface area contributed by atoms with Gasteiger partial charge in [-0.25, -0.2) is 4.79 Å². The Morgan fingerprint density at radius 1 is 1.17 bits per heavy atom. The van der Waals surface area contributed by atoms with Gasteiger partial charge in [0.1, 0.15) is 6.04 Å². The molecule has 3 rings (SSSR count). The number of halogens is 1. The number of fused-ring (bicyclic) bond motifs is 1. The van der Waals surface area contributed by atoms with Crippen LogP contribution < -0.4 is 5.32 Å². The Kier molecular flexibility index (Phi) is 4.44. The molecule has 2 aromatic carbocycles. The first-order valence-electron chi connectivity index (χ1n) is 7.21. The van der Waals surface area contributed by atoms with Gasteiger partial charge in [0.2, 0.25) is 0 Å². The van der Waals surface area contributed by atoms with Crippen molar-refractivity contribution in [3.8, 4) is 0 Å². The van der Waals surface area contributed by atoms with Crippen LogP contribution in [0, 0.1) is 0 Å². The van der Waals surface area contributed by atoms with Crippen molar-refractivity contribution >= 4 is 34.2 Å². The van der Waals surface area contributed by atoms with Crippen LogP contribution in [0.25, 0.3) is 10.9 Å². The van der Waals surface area contributed by atoms with Crippen molar-refractivity contribution in [2.24, 2.45) is 0 Å². The summed E-state index contributed by atoms with van der Waals surface area (Å²) in [4.78, 5) is 15.9. The fourth-order valence-electron chi connectivity index (χ4n) is 2.48. The minimum Gasteiger partial charge on any atom is -0.480 e. The molecule has 0 saturated heterocycles. The number of hydrogen-bond donors (Lipinski definition) is 2. The molecule has 0 fully saturated rings. The summed E-state index contributed by atoms with van der Waals surface area (Å²) < 4.78 is 0. The number of benzene rings is 2. The third-order valence-electron chi connectivity index (χ3n) is 3.62. The van der Waals surface area contributed by atoms with E-state index in [0.29, 0.717) is 11.4 Å². The van der Waals surface area contributed by atoms with Gasteiger partial charge in [0.15, 0.2) is 0 Å². The van der Waals surface area contributed by atoms with Gasteiger partial charge in [-0.3, -0.25) is 4.98 Å². The van der Waals surface area contributed by atoms with Gasteiger partial charge in [-0.15, -0.1) is 0 Å². The van der Waals surface area contributed by atoms with Gasteiger partial charge >= 0.3 is 5.97 Å². The Labute approximate surface area is 138 Å². The fraction of sp³-hybridized carbons (Fsp3) is 0.111. The van der Waals surface area contributed by atoms with E-state index in [1.54, 1.807) is 24.4 Å². The maximum Gasteiger partial charge on any atom is 0.326 e. The number of anilines is 1. The number of aliphatic carboxylic acids is 1. The van der Waals surface area contributed by atoms with Gasteiger partial charge in [-0.1, -0.05) is 41.9 Å². The average Bonchev–Trinajstić information content (AvgIpc) is 2.55. The van der Waals surface area contributed by atoms with E-state index in [1.165, 1.54) is 0 Å². The number of nitrogens with zero attached hydrogens (tertiary/aromatic N) is 1. The first kappa shape index (κ1) is 15.3. The summed E-state index contributed by atoms with van der Waals surface area (Å²) in [5.41, 5.74) is 2.43. The zero-order chi connectivity index (χ0) is 16.2. The largest absolute Gasteiger partial charge is 0.480 e. The monoisotopic (exact) mass is 326 g/mol. The van der Waals surface area contributed by atoms with E-state index in [4.69, 9.17) is 11.6 Å². The quantitative estimate of drug-likeness (QED) is 0.744. The number of carboxylic acid groups (broad SMARTS) is 1. The smallest absolute Gasteiger partial charge is 0.326 e. The minimum atomic E-state index is -0.896. The molecule has 1 atom stereocenters. The second-order valence-electron chi connectivity index (χ2n) is 5.24. The molecule has 0 saturated carbocycles. The fourth-order valence-corrected chi connectivity index (χ4v) is 2.65. The Balaban J connectivity index is 1.90. The lowest BCUT2D eigenvalue weighted by Gasteiger charge is -2.17. The summed E-state index contributed by atoms with van der Waals surface area (Å²) in [7, 11) is 0. The van der Waals surface area contributed by atoms with Crippen LogP contribution >= 0.6 is 11.6 Å². The molecule has 0 unspecified atom stereocenters. The molecule has 1 heterocycles.